The number of sulfonamides is 1. The zero-order valence-electron chi connectivity index (χ0n) is 28.7. The Hall–Kier alpha value is -3.73. The van der Waals surface area contributed by atoms with Crippen molar-refractivity contribution >= 4 is 47.9 Å². The quantitative estimate of drug-likeness (QED) is 0.229. The van der Waals surface area contributed by atoms with Crippen LogP contribution in [0.25, 0.3) is 6.08 Å². The van der Waals surface area contributed by atoms with Gasteiger partial charge in [-0.3, -0.25) is 14.7 Å². The number of aryl methyl sites for hydroxylation is 1. The minimum Gasteiger partial charge on any atom is -0.447 e. The van der Waals surface area contributed by atoms with Gasteiger partial charge in [-0.1, -0.05) is 39.0 Å². The molecule has 0 unspecified atom stereocenters. The number of aliphatic imine (C=N–C) groups is 1. The van der Waals surface area contributed by atoms with Crippen LogP contribution < -0.4 is 15.0 Å². The number of amides is 2. The number of benzene rings is 2. The lowest BCUT2D eigenvalue weighted by molar-refractivity contribution is -0.274. The summed E-state index contributed by atoms with van der Waals surface area (Å²) in [5.74, 6) is -0.794. The Bertz CT molecular complexity index is 1730. The molecule has 0 aromatic heterocycles. The van der Waals surface area contributed by atoms with E-state index in [9.17, 15) is 31.2 Å². The highest BCUT2D eigenvalue weighted by Crippen LogP contribution is 2.36. The molecule has 2 amide bonds. The van der Waals surface area contributed by atoms with E-state index < -0.39 is 48.0 Å². The number of nitrogens with zero attached hydrogens (tertiary/aromatic N) is 3. The van der Waals surface area contributed by atoms with Crippen LogP contribution in [0.3, 0.4) is 0 Å². The lowest BCUT2D eigenvalue weighted by atomic mass is 9.89. The number of ether oxygens (including phenoxy) is 2. The second-order valence-corrected chi connectivity index (χ2v) is 20.2. The number of nitrogens with one attached hydrogen (secondary N) is 1. The molecule has 4 rings (SSSR count). The molecule has 2 aliphatic heterocycles. The first-order valence-electron chi connectivity index (χ1n) is 15.7. The van der Waals surface area contributed by atoms with Gasteiger partial charge in [0.1, 0.15) is 23.7 Å². The number of hydrogen-bond donors (Lipinski definition) is 1. The van der Waals surface area contributed by atoms with Gasteiger partial charge in [0, 0.05) is 36.8 Å². The Morgan fingerprint density at radius 1 is 1.10 bits per heavy atom. The lowest BCUT2D eigenvalue weighted by Crippen LogP contribution is -2.50. The van der Waals surface area contributed by atoms with Crippen LogP contribution >= 0.6 is 0 Å². The third-order valence-electron chi connectivity index (χ3n) is 9.14. The van der Waals surface area contributed by atoms with Gasteiger partial charge in [0.05, 0.1) is 6.61 Å². The Morgan fingerprint density at radius 2 is 1.78 bits per heavy atom. The number of amidine groups is 1. The summed E-state index contributed by atoms with van der Waals surface area (Å²) in [5, 5.41) is 3.77. The normalized spacial score (nSPS) is 17.3. The van der Waals surface area contributed by atoms with E-state index in [0.29, 0.717) is 17.9 Å². The second kappa shape index (κ2) is 14.2. The van der Waals surface area contributed by atoms with E-state index in [4.69, 9.17) is 9.16 Å². The highest BCUT2D eigenvalue weighted by molar-refractivity contribution is 7.92. The number of halogens is 3. The van der Waals surface area contributed by atoms with Crippen LogP contribution in [0, 0.1) is 6.92 Å². The zero-order chi connectivity index (χ0) is 36.4. The highest BCUT2D eigenvalue weighted by atomic mass is 32.2. The van der Waals surface area contributed by atoms with Gasteiger partial charge in [-0.05, 0) is 79.4 Å². The summed E-state index contributed by atoms with van der Waals surface area (Å²) in [6, 6.07) is 10.3. The van der Waals surface area contributed by atoms with E-state index in [2.05, 4.69) is 48.9 Å². The molecule has 1 spiro atoms. The molecule has 2 aromatic carbocycles. The van der Waals surface area contributed by atoms with Crippen molar-refractivity contribution in [2.75, 3.05) is 38.3 Å². The number of piperidine rings is 1. The van der Waals surface area contributed by atoms with Gasteiger partial charge in [0.25, 0.3) is 5.91 Å². The monoisotopic (exact) mass is 724 g/mol. The summed E-state index contributed by atoms with van der Waals surface area (Å²) in [7, 11) is -4.23. The van der Waals surface area contributed by atoms with Gasteiger partial charge in [-0.15, -0.1) is 13.2 Å². The van der Waals surface area contributed by atoms with Gasteiger partial charge < -0.3 is 19.2 Å². The molecule has 49 heavy (non-hydrogen) atoms. The van der Waals surface area contributed by atoms with E-state index in [1.807, 2.05) is 0 Å². The predicted octanol–water partition coefficient (Wildman–Crippen LogP) is 6.20. The van der Waals surface area contributed by atoms with E-state index in [-0.39, 0.29) is 49.0 Å². The van der Waals surface area contributed by atoms with Crippen molar-refractivity contribution in [1.29, 1.82) is 0 Å². The van der Waals surface area contributed by atoms with Crippen molar-refractivity contribution in [3.8, 4) is 5.75 Å². The van der Waals surface area contributed by atoms with E-state index >= 15 is 0 Å². The largest absolute Gasteiger partial charge is 0.573 e. The number of carbonyl (C=O) groups is 2. The van der Waals surface area contributed by atoms with Crippen molar-refractivity contribution in [2.24, 2.45) is 4.99 Å². The van der Waals surface area contributed by atoms with Gasteiger partial charge in [0.2, 0.25) is 10.0 Å². The maximum absolute atomic E-state index is 13.2. The van der Waals surface area contributed by atoms with Crippen molar-refractivity contribution in [3.63, 3.8) is 0 Å². The number of alkyl halides is 3. The molecule has 0 saturated carbocycles. The molecule has 0 bridgehead atoms. The van der Waals surface area contributed by atoms with Gasteiger partial charge in [-0.2, -0.15) is 4.31 Å². The minimum atomic E-state index is -4.87. The maximum Gasteiger partial charge on any atom is 0.573 e. The Balaban J connectivity index is 1.34. The number of anilines is 1. The van der Waals surface area contributed by atoms with Crippen LogP contribution in [0.2, 0.25) is 18.1 Å². The molecule has 16 heteroatoms. The van der Waals surface area contributed by atoms with Crippen molar-refractivity contribution < 1.29 is 45.1 Å². The van der Waals surface area contributed by atoms with Crippen molar-refractivity contribution in [1.82, 2.24) is 9.62 Å². The molecule has 268 valence electrons. The summed E-state index contributed by atoms with van der Waals surface area (Å²) < 4.78 is 81.1. The SMILES string of the molecule is Cc1cc(N(C)C(=O)OCCO[Si](C)(C)C(C)(C)C)ccc1/C=C/S(=O)(=O)N1CCC2(CC1)N=C(c1cccc(OC(F)(F)F)c1)NC2=O. The first-order valence-corrected chi connectivity index (χ1v) is 20.1. The Labute approximate surface area is 286 Å². The van der Waals surface area contributed by atoms with Gasteiger partial charge in [-0.25, -0.2) is 13.2 Å². The van der Waals surface area contributed by atoms with Crippen molar-refractivity contribution in [2.45, 2.75) is 70.6 Å². The van der Waals surface area contributed by atoms with E-state index in [0.717, 1.165) is 23.1 Å². The highest BCUT2D eigenvalue weighted by Gasteiger charge is 2.47. The maximum atomic E-state index is 13.2. The van der Waals surface area contributed by atoms with Crippen LogP contribution in [-0.4, -0.2) is 84.1 Å². The average Bonchev–Trinajstić information content (AvgIpc) is 3.32. The predicted molar refractivity (Wildman–Crippen MR) is 183 cm³/mol. The molecule has 2 aromatic rings. The molecule has 0 aliphatic carbocycles. The molecular weight excluding hydrogens is 682 g/mol. The summed E-state index contributed by atoms with van der Waals surface area (Å²) >= 11 is 0. The molecule has 1 saturated heterocycles. The third kappa shape index (κ3) is 9.29. The molecule has 2 aliphatic rings. The fraction of sp³-hybridized carbons (Fsp3) is 0.485. The Kier molecular flexibility index (Phi) is 11.1. The first-order chi connectivity index (χ1) is 22.6. The third-order valence-corrected chi connectivity index (χ3v) is 15.2. The fourth-order valence-corrected chi connectivity index (χ4v) is 7.30. The molecule has 1 fully saturated rings. The van der Waals surface area contributed by atoms with Gasteiger partial charge in [0.15, 0.2) is 8.32 Å². The van der Waals surface area contributed by atoms with Crippen molar-refractivity contribution in [3.05, 3.63) is 64.6 Å². The van der Waals surface area contributed by atoms with Crippen LogP contribution in [0.5, 0.6) is 5.75 Å². The molecule has 0 radical (unpaired) electrons. The molecular formula is C33H43F3N4O7SSi. The average molecular weight is 725 g/mol. The summed E-state index contributed by atoms with van der Waals surface area (Å²) in [6.07, 6.45) is -3.75. The standard InChI is InChI=1S/C33H43F3N4O7SSi/c1-23-21-26(39(5)30(42)45-18-19-46-49(6,7)31(2,3)4)12-11-24(23)13-20-48(43,44)40-16-14-32(15-17-40)29(41)37-28(38-32)25-9-8-10-27(22-25)47-33(34,35)36/h8-13,20-22H,14-19H2,1-7H3,(H,37,38,41)/b20-13+. The van der Waals surface area contributed by atoms with Crippen LogP contribution in [0.15, 0.2) is 52.9 Å². The smallest absolute Gasteiger partial charge is 0.447 e. The molecule has 1 N–H and O–H groups in total. The van der Waals surface area contributed by atoms with Crippen LogP contribution in [0.4, 0.5) is 23.7 Å². The first kappa shape index (κ1) is 38.1. The fourth-order valence-electron chi connectivity index (χ4n) is 5.09. The zero-order valence-corrected chi connectivity index (χ0v) is 30.5. The topological polar surface area (TPSA) is 127 Å². The van der Waals surface area contributed by atoms with E-state index in [1.54, 1.807) is 32.2 Å². The van der Waals surface area contributed by atoms with Crippen LogP contribution in [0.1, 0.15) is 50.3 Å². The number of hydrogen-bond acceptors (Lipinski definition) is 8. The number of carbonyl (C=O) groups excluding carboxylic acids is 2. The summed E-state index contributed by atoms with van der Waals surface area (Å²) in [4.78, 5) is 31.5. The Morgan fingerprint density at radius 3 is 2.39 bits per heavy atom. The molecule has 0 atom stereocenters. The second-order valence-electron chi connectivity index (χ2n) is 13.6. The van der Waals surface area contributed by atoms with Gasteiger partial charge >= 0.3 is 12.5 Å². The van der Waals surface area contributed by atoms with Crippen LogP contribution in [-0.2, 0) is 24.0 Å². The number of rotatable bonds is 10. The molecule has 2 heterocycles. The lowest BCUT2D eigenvalue weighted by Gasteiger charge is -2.36. The summed E-state index contributed by atoms with van der Waals surface area (Å²) in [5.41, 5.74) is 0.941. The molecule has 11 nitrogen and oxygen atoms in total. The summed E-state index contributed by atoms with van der Waals surface area (Å²) in [6.45, 7) is 12.9. The van der Waals surface area contributed by atoms with E-state index in [1.165, 1.54) is 27.4 Å². The minimum absolute atomic E-state index is 0.0137.